The summed E-state index contributed by atoms with van der Waals surface area (Å²) >= 11 is 0. The fourth-order valence-corrected chi connectivity index (χ4v) is 4.42. The van der Waals surface area contributed by atoms with E-state index in [2.05, 4.69) is 27.0 Å². The largest absolute Gasteiger partial charge is 0.391 e. The SMILES string of the molecule is C=C[Si](C)(OCCCCCCC)OCCCCCCCCCCCC. The molecule has 0 aliphatic rings. The van der Waals surface area contributed by atoms with Crippen molar-refractivity contribution in [1.82, 2.24) is 0 Å². The first-order valence-corrected chi connectivity index (χ1v) is 13.5. The van der Waals surface area contributed by atoms with Gasteiger partial charge in [-0.3, -0.25) is 0 Å². The average molecular weight is 371 g/mol. The van der Waals surface area contributed by atoms with E-state index in [1.165, 1.54) is 83.5 Å². The Morgan fingerprint density at radius 1 is 0.600 bits per heavy atom. The third kappa shape index (κ3) is 17.1. The van der Waals surface area contributed by atoms with Crippen LogP contribution in [-0.4, -0.2) is 21.8 Å². The minimum Gasteiger partial charge on any atom is -0.391 e. The third-order valence-corrected chi connectivity index (χ3v) is 7.19. The molecule has 3 heteroatoms. The third-order valence-electron chi connectivity index (χ3n) is 4.89. The van der Waals surface area contributed by atoms with E-state index in [0.717, 1.165) is 26.1 Å². The molecule has 0 aromatic carbocycles. The van der Waals surface area contributed by atoms with Crippen molar-refractivity contribution in [1.29, 1.82) is 0 Å². The molecular formula is C22H46O2Si. The molecule has 0 radical (unpaired) electrons. The summed E-state index contributed by atoms with van der Waals surface area (Å²) in [4.78, 5) is 0. The summed E-state index contributed by atoms with van der Waals surface area (Å²) in [5, 5.41) is 0. The molecule has 2 nitrogen and oxygen atoms in total. The second-order valence-electron chi connectivity index (χ2n) is 7.51. The van der Waals surface area contributed by atoms with Crippen LogP contribution in [0.5, 0.6) is 0 Å². The second-order valence-corrected chi connectivity index (χ2v) is 10.5. The highest BCUT2D eigenvalue weighted by atomic mass is 28.4. The second kappa shape index (κ2) is 18.7. The Labute approximate surface area is 160 Å². The van der Waals surface area contributed by atoms with E-state index < -0.39 is 8.56 Å². The monoisotopic (exact) mass is 370 g/mol. The molecule has 25 heavy (non-hydrogen) atoms. The summed E-state index contributed by atoms with van der Waals surface area (Å²) in [5.41, 5.74) is 1.94. The maximum Gasteiger partial charge on any atom is 0.361 e. The fraction of sp³-hybridized carbons (Fsp3) is 0.909. The molecular weight excluding hydrogens is 324 g/mol. The van der Waals surface area contributed by atoms with E-state index >= 15 is 0 Å². The van der Waals surface area contributed by atoms with Crippen LogP contribution >= 0.6 is 0 Å². The molecule has 0 bridgehead atoms. The van der Waals surface area contributed by atoms with Crippen molar-refractivity contribution in [2.75, 3.05) is 13.2 Å². The summed E-state index contributed by atoms with van der Waals surface area (Å²) in [5.74, 6) is 0. The highest BCUT2D eigenvalue weighted by Gasteiger charge is 2.26. The summed E-state index contributed by atoms with van der Waals surface area (Å²) in [6.45, 7) is 12.3. The molecule has 0 N–H and O–H groups in total. The zero-order valence-electron chi connectivity index (χ0n) is 17.6. The standard InChI is InChI=1S/C22H46O2Si/c1-5-8-10-12-13-14-15-16-18-20-22-24-25(4,7-3)23-21-19-17-11-9-6-2/h7H,3,5-6,8-22H2,1-2,4H3. The van der Waals surface area contributed by atoms with Crippen LogP contribution in [0.15, 0.2) is 12.3 Å². The minimum atomic E-state index is -2.12. The fourth-order valence-electron chi connectivity index (χ4n) is 3.00. The van der Waals surface area contributed by atoms with Crippen molar-refractivity contribution >= 4 is 8.56 Å². The molecule has 0 heterocycles. The Morgan fingerprint density at radius 2 is 0.920 bits per heavy atom. The van der Waals surface area contributed by atoms with Crippen LogP contribution in [-0.2, 0) is 8.85 Å². The smallest absolute Gasteiger partial charge is 0.361 e. The number of hydrogen-bond acceptors (Lipinski definition) is 2. The minimum absolute atomic E-state index is 0.830. The maximum absolute atomic E-state index is 6.08. The number of unbranched alkanes of at least 4 members (excludes halogenated alkanes) is 13. The molecule has 0 fully saturated rings. The number of hydrogen-bond donors (Lipinski definition) is 0. The van der Waals surface area contributed by atoms with Gasteiger partial charge in [0, 0.05) is 13.2 Å². The highest BCUT2D eigenvalue weighted by Crippen LogP contribution is 2.14. The van der Waals surface area contributed by atoms with Crippen LogP contribution in [0, 0.1) is 0 Å². The van der Waals surface area contributed by atoms with Crippen LogP contribution in [0.1, 0.15) is 110 Å². The first-order chi connectivity index (χ1) is 12.2. The van der Waals surface area contributed by atoms with Gasteiger partial charge in [0.2, 0.25) is 0 Å². The first kappa shape index (κ1) is 24.9. The van der Waals surface area contributed by atoms with Gasteiger partial charge in [-0.1, -0.05) is 97.3 Å². The Balaban J connectivity index is 3.48. The maximum atomic E-state index is 6.08. The van der Waals surface area contributed by atoms with Gasteiger partial charge >= 0.3 is 8.56 Å². The van der Waals surface area contributed by atoms with E-state index in [9.17, 15) is 0 Å². The zero-order chi connectivity index (χ0) is 18.6. The van der Waals surface area contributed by atoms with Gasteiger partial charge in [-0.2, -0.15) is 0 Å². The number of rotatable bonds is 20. The van der Waals surface area contributed by atoms with E-state index in [1.807, 2.05) is 5.70 Å². The lowest BCUT2D eigenvalue weighted by Gasteiger charge is -2.23. The Hall–Kier alpha value is -0.123. The van der Waals surface area contributed by atoms with Gasteiger partial charge in [0.25, 0.3) is 0 Å². The quantitative estimate of drug-likeness (QED) is 0.161. The summed E-state index contributed by atoms with van der Waals surface area (Å²) in [6.07, 6.45) is 20.0. The molecule has 150 valence electrons. The molecule has 0 aliphatic carbocycles. The van der Waals surface area contributed by atoms with Crippen molar-refractivity contribution in [2.45, 2.75) is 117 Å². The molecule has 1 atom stereocenters. The van der Waals surface area contributed by atoms with Crippen LogP contribution in [0.3, 0.4) is 0 Å². The van der Waals surface area contributed by atoms with E-state index in [-0.39, 0.29) is 0 Å². The van der Waals surface area contributed by atoms with Gasteiger partial charge in [0.15, 0.2) is 0 Å². The Morgan fingerprint density at radius 3 is 1.24 bits per heavy atom. The van der Waals surface area contributed by atoms with Crippen molar-refractivity contribution in [3.8, 4) is 0 Å². The topological polar surface area (TPSA) is 18.5 Å². The van der Waals surface area contributed by atoms with E-state index in [0.29, 0.717) is 0 Å². The summed E-state index contributed by atoms with van der Waals surface area (Å²) in [7, 11) is -2.12. The van der Waals surface area contributed by atoms with Gasteiger partial charge in [-0.25, -0.2) is 0 Å². The molecule has 1 unspecified atom stereocenters. The lowest BCUT2D eigenvalue weighted by molar-refractivity contribution is 0.177. The van der Waals surface area contributed by atoms with Gasteiger partial charge in [0.05, 0.1) is 0 Å². The van der Waals surface area contributed by atoms with Crippen molar-refractivity contribution < 1.29 is 8.85 Å². The van der Waals surface area contributed by atoms with Gasteiger partial charge < -0.3 is 8.85 Å². The predicted octanol–water partition coefficient (Wildman–Crippen LogP) is 7.71. The van der Waals surface area contributed by atoms with Crippen LogP contribution in [0.25, 0.3) is 0 Å². The molecule has 0 aliphatic heterocycles. The average Bonchev–Trinajstić information content (AvgIpc) is 2.62. The molecule has 0 rings (SSSR count). The van der Waals surface area contributed by atoms with Crippen molar-refractivity contribution in [3.05, 3.63) is 12.3 Å². The molecule has 0 aromatic heterocycles. The first-order valence-electron chi connectivity index (χ1n) is 11.1. The Kier molecular flexibility index (Phi) is 18.6. The van der Waals surface area contributed by atoms with Gasteiger partial charge in [0.1, 0.15) is 0 Å². The molecule has 0 saturated carbocycles. The summed E-state index contributed by atoms with van der Waals surface area (Å²) in [6, 6.07) is 0. The molecule has 0 amide bonds. The lowest BCUT2D eigenvalue weighted by atomic mass is 10.1. The van der Waals surface area contributed by atoms with Crippen LogP contribution < -0.4 is 0 Å². The zero-order valence-corrected chi connectivity index (χ0v) is 18.6. The molecule has 0 spiro atoms. The van der Waals surface area contributed by atoms with Gasteiger partial charge in [-0.05, 0) is 25.1 Å². The van der Waals surface area contributed by atoms with E-state index in [4.69, 9.17) is 8.85 Å². The predicted molar refractivity (Wildman–Crippen MR) is 114 cm³/mol. The highest BCUT2D eigenvalue weighted by molar-refractivity contribution is 6.71. The lowest BCUT2D eigenvalue weighted by Crippen LogP contribution is -2.37. The normalized spacial score (nSPS) is 13.7. The van der Waals surface area contributed by atoms with Crippen LogP contribution in [0.4, 0.5) is 0 Å². The van der Waals surface area contributed by atoms with Crippen molar-refractivity contribution in [3.63, 3.8) is 0 Å². The van der Waals surface area contributed by atoms with E-state index in [1.54, 1.807) is 0 Å². The van der Waals surface area contributed by atoms with Gasteiger partial charge in [-0.15, -0.1) is 6.58 Å². The summed E-state index contributed by atoms with van der Waals surface area (Å²) < 4.78 is 12.1. The Bertz CT molecular complexity index is 283. The molecule has 0 aromatic rings. The van der Waals surface area contributed by atoms with Crippen LogP contribution in [0.2, 0.25) is 6.55 Å². The van der Waals surface area contributed by atoms with Crippen molar-refractivity contribution in [2.24, 2.45) is 0 Å². The molecule has 0 saturated heterocycles.